The van der Waals surface area contributed by atoms with E-state index in [-0.39, 0.29) is 0 Å². The van der Waals surface area contributed by atoms with Crippen LogP contribution in [0.1, 0.15) is 40.0 Å². The monoisotopic (exact) mass is 291 g/mol. The molecular formula is C13H29N3O2S. The van der Waals surface area contributed by atoms with Gasteiger partial charge < -0.3 is 5.32 Å². The summed E-state index contributed by atoms with van der Waals surface area (Å²) in [6, 6.07) is 0. The van der Waals surface area contributed by atoms with Crippen LogP contribution >= 0.6 is 0 Å². The van der Waals surface area contributed by atoms with Gasteiger partial charge >= 0.3 is 0 Å². The molecule has 1 N–H and O–H groups in total. The van der Waals surface area contributed by atoms with E-state index in [0.29, 0.717) is 32.1 Å². The number of hydrogen-bond acceptors (Lipinski definition) is 3. The minimum Gasteiger partial charge on any atom is -0.317 e. The SMILES string of the molecule is CCCN(CC)S(=O)(=O)N1CCC(CNCC)CC1. The van der Waals surface area contributed by atoms with Crippen LogP contribution in [0.4, 0.5) is 0 Å². The van der Waals surface area contributed by atoms with E-state index >= 15 is 0 Å². The van der Waals surface area contributed by atoms with Crippen molar-refractivity contribution in [3.05, 3.63) is 0 Å². The zero-order valence-electron chi connectivity index (χ0n) is 12.6. The molecule has 0 aromatic rings. The van der Waals surface area contributed by atoms with Gasteiger partial charge in [-0.15, -0.1) is 0 Å². The summed E-state index contributed by atoms with van der Waals surface area (Å²) in [5.74, 6) is 0.618. The van der Waals surface area contributed by atoms with Crippen molar-refractivity contribution in [3.8, 4) is 0 Å². The molecule has 1 aliphatic rings. The van der Waals surface area contributed by atoms with Gasteiger partial charge in [-0.25, -0.2) is 0 Å². The number of rotatable bonds is 8. The molecule has 0 amide bonds. The Balaban J connectivity index is 2.53. The largest absolute Gasteiger partial charge is 0.317 e. The standard InChI is InChI=1S/C13H29N3O2S/c1-4-9-15(6-3)19(17,18)16-10-7-13(8-11-16)12-14-5-2/h13-14H,4-12H2,1-3H3. The highest BCUT2D eigenvalue weighted by Gasteiger charge is 2.31. The van der Waals surface area contributed by atoms with E-state index in [4.69, 9.17) is 0 Å². The summed E-state index contributed by atoms with van der Waals surface area (Å²) >= 11 is 0. The average molecular weight is 291 g/mol. The van der Waals surface area contributed by atoms with Crippen molar-refractivity contribution < 1.29 is 8.42 Å². The first-order valence-electron chi connectivity index (χ1n) is 7.52. The van der Waals surface area contributed by atoms with E-state index in [1.165, 1.54) is 0 Å². The molecule has 6 heteroatoms. The molecule has 0 bridgehead atoms. The fraction of sp³-hybridized carbons (Fsp3) is 1.00. The van der Waals surface area contributed by atoms with Gasteiger partial charge in [0.15, 0.2) is 0 Å². The van der Waals surface area contributed by atoms with Crippen LogP contribution in [0.5, 0.6) is 0 Å². The van der Waals surface area contributed by atoms with E-state index in [9.17, 15) is 8.42 Å². The summed E-state index contributed by atoms with van der Waals surface area (Å²) < 4.78 is 28.2. The lowest BCUT2D eigenvalue weighted by molar-refractivity contribution is 0.251. The van der Waals surface area contributed by atoms with E-state index in [2.05, 4.69) is 12.2 Å². The molecule has 0 aliphatic carbocycles. The lowest BCUT2D eigenvalue weighted by Crippen LogP contribution is -2.48. The molecule has 5 nitrogen and oxygen atoms in total. The number of hydrogen-bond donors (Lipinski definition) is 1. The molecule has 114 valence electrons. The fourth-order valence-electron chi connectivity index (χ4n) is 2.54. The highest BCUT2D eigenvalue weighted by molar-refractivity contribution is 7.86. The van der Waals surface area contributed by atoms with Gasteiger partial charge in [0.2, 0.25) is 0 Å². The molecule has 0 atom stereocenters. The number of piperidine rings is 1. The van der Waals surface area contributed by atoms with Crippen LogP contribution in [-0.2, 0) is 10.2 Å². The van der Waals surface area contributed by atoms with Gasteiger partial charge in [0.1, 0.15) is 0 Å². The van der Waals surface area contributed by atoms with E-state index in [0.717, 1.165) is 32.4 Å². The summed E-state index contributed by atoms with van der Waals surface area (Å²) in [5.41, 5.74) is 0. The molecule has 0 radical (unpaired) electrons. The molecule has 19 heavy (non-hydrogen) atoms. The molecule has 1 rings (SSSR count). The van der Waals surface area contributed by atoms with Crippen molar-refractivity contribution in [3.63, 3.8) is 0 Å². The van der Waals surface area contributed by atoms with Crippen LogP contribution in [-0.4, -0.2) is 56.3 Å². The average Bonchev–Trinajstić information content (AvgIpc) is 2.42. The Morgan fingerprint density at radius 3 is 2.32 bits per heavy atom. The predicted octanol–water partition coefficient (Wildman–Crippen LogP) is 1.28. The Hall–Kier alpha value is -0.170. The van der Waals surface area contributed by atoms with Gasteiger partial charge in [0.25, 0.3) is 10.2 Å². The van der Waals surface area contributed by atoms with Gasteiger partial charge in [0, 0.05) is 26.2 Å². The first-order chi connectivity index (χ1) is 9.06. The van der Waals surface area contributed by atoms with Crippen LogP contribution in [0, 0.1) is 5.92 Å². The van der Waals surface area contributed by atoms with Crippen LogP contribution in [0.15, 0.2) is 0 Å². The van der Waals surface area contributed by atoms with E-state index < -0.39 is 10.2 Å². The maximum Gasteiger partial charge on any atom is 0.281 e. The quantitative estimate of drug-likeness (QED) is 0.733. The van der Waals surface area contributed by atoms with Crippen molar-refractivity contribution >= 4 is 10.2 Å². The van der Waals surface area contributed by atoms with Gasteiger partial charge in [-0.3, -0.25) is 0 Å². The van der Waals surface area contributed by atoms with Crippen molar-refractivity contribution in [2.45, 2.75) is 40.0 Å². The van der Waals surface area contributed by atoms with E-state index in [1.807, 2.05) is 13.8 Å². The number of nitrogens with one attached hydrogen (secondary N) is 1. The maximum atomic E-state index is 12.5. The Kier molecular flexibility index (Phi) is 7.28. The topological polar surface area (TPSA) is 52.7 Å². The molecule has 0 unspecified atom stereocenters. The van der Waals surface area contributed by atoms with Gasteiger partial charge in [-0.2, -0.15) is 17.0 Å². The number of nitrogens with zero attached hydrogens (tertiary/aromatic N) is 2. The van der Waals surface area contributed by atoms with Crippen LogP contribution in [0.3, 0.4) is 0 Å². The Labute approximate surface area is 118 Å². The molecule has 1 fully saturated rings. The Bertz CT molecular complexity index is 338. The molecule has 0 aromatic heterocycles. The molecule has 0 saturated carbocycles. The summed E-state index contributed by atoms with van der Waals surface area (Å²) in [6.07, 6.45) is 2.80. The van der Waals surface area contributed by atoms with Crippen molar-refractivity contribution in [1.29, 1.82) is 0 Å². The zero-order chi connectivity index (χ0) is 14.3. The molecular weight excluding hydrogens is 262 g/mol. The molecule has 0 spiro atoms. The van der Waals surface area contributed by atoms with Crippen LogP contribution in [0.2, 0.25) is 0 Å². The molecule has 1 aliphatic heterocycles. The first-order valence-corrected chi connectivity index (χ1v) is 8.91. The highest BCUT2D eigenvalue weighted by atomic mass is 32.2. The second-order valence-corrected chi connectivity index (χ2v) is 7.08. The van der Waals surface area contributed by atoms with E-state index in [1.54, 1.807) is 8.61 Å². The lowest BCUT2D eigenvalue weighted by Gasteiger charge is -2.34. The summed E-state index contributed by atoms with van der Waals surface area (Å²) in [6.45, 7) is 10.5. The minimum absolute atomic E-state index is 0.563. The summed E-state index contributed by atoms with van der Waals surface area (Å²) in [4.78, 5) is 0. The van der Waals surface area contributed by atoms with Gasteiger partial charge in [-0.05, 0) is 38.3 Å². The van der Waals surface area contributed by atoms with Crippen molar-refractivity contribution in [2.75, 3.05) is 39.3 Å². The second-order valence-electron chi connectivity index (χ2n) is 5.15. The third-order valence-corrected chi connectivity index (χ3v) is 5.85. The van der Waals surface area contributed by atoms with Gasteiger partial charge in [0.05, 0.1) is 0 Å². The predicted molar refractivity (Wildman–Crippen MR) is 79.3 cm³/mol. The highest BCUT2D eigenvalue weighted by Crippen LogP contribution is 2.21. The zero-order valence-corrected chi connectivity index (χ0v) is 13.4. The fourth-order valence-corrected chi connectivity index (χ4v) is 4.28. The Morgan fingerprint density at radius 1 is 1.21 bits per heavy atom. The molecule has 1 saturated heterocycles. The van der Waals surface area contributed by atoms with Gasteiger partial charge in [-0.1, -0.05) is 20.8 Å². The smallest absolute Gasteiger partial charge is 0.281 e. The maximum absolute atomic E-state index is 12.5. The Morgan fingerprint density at radius 2 is 1.84 bits per heavy atom. The molecule has 0 aromatic carbocycles. The minimum atomic E-state index is -3.23. The normalized spacial score (nSPS) is 19.2. The summed E-state index contributed by atoms with van der Waals surface area (Å²) in [7, 11) is -3.23. The lowest BCUT2D eigenvalue weighted by atomic mass is 9.98. The van der Waals surface area contributed by atoms with Crippen LogP contribution < -0.4 is 5.32 Å². The third kappa shape index (κ3) is 4.70. The molecule has 1 heterocycles. The third-order valence-electron chi connectivity index (χ3n) is 3.73. The summed E-state index contributed by atoms with van der Waals surface area (Å²) in [5, 5.41) is 3.35. The second kappa shape index (κ2) is 8.19. The van der Waals surface area contributed by atoms with Crippen molar-refractivity contribution in [1.82, 2.24) is 13.9 Å². The van der Waals surface area contributed by atoms with Crippen LogP contribution in [0.25, 0.3) is 0 Å². The first kappa shape index (κ1) is 16.9. The van der Waals surface area contributed by atoms with Crippen molar-refractivity contribution in [2.24, 2.45) is 5.92 Å².